The smallest absolute Gasteiger partial charge is 0.376 e. The third-order valence-electron chi connectivity index (χ3n) is 5.99. The summed E-state index contributed by atoms with van der Waals surface area (Å²) in [4.78, 5) is 0. The average molecular weight is 550 g/mol. The highest BCUT2D eigenvalue weighted by atomic mass is 32.2. The van der Waals surface area contributed by atoms with Crippen molar-refractivity contribution in [2.75, 3.05) is 0 Å². The summed E-state index contributed by atoms with van der Waals surface area (Å²) < 4.78 is 135. The molecule has 36 heavy (non-hydrogen) atoms. The number of benzene rings is 3. The van der Waals surface area contributed by atoms with Crippen LogP contribution in [0.4, 0.5) is 26.3 Å². The molecule has 3 aliphatic rings. The summed E-state index contributed by atoms with van der Waals surface area (Å²) in [5.74, 6) is -3.57. The minimum Gasteiger partial charge on any atom is -0.376 e. The molecule has 0 unspecified atom stereocenters. The maximum atomic E-state index is 13.1. The molecule has 0 heterocycles. The lowest BCUT2D eigenvalue weighted by molar-refractivity contribution is -0.0506. The Labute approximate surface area is 200 Å². The van der Waals surface area contributed by atoms with Crippen molar-refractivity contribution in [3.8, 4) is 11.5 Å². The van der Waals surface area contributed by atoms with E-state index >= 15 is 0 Å². The van der Waals surface area contributed by atoms with Gasteiger partial charge in [0.1, 0.15) is 11.5 Å². The zero-order valence-corrected chi connectivity index (χ0v) is 19.1. The predicted octanol–water partition coefficient (Wildman–Crippen LogP) is 5.13. The van der Waals surface area contributed by atoms with Gasteiger partial charge in [0.25, 0.3) is 0 Å². The van der Waals surface area contributed by atoms with Gasteiger partial charge in [-0.2, -0.15) is 43.2 Å². The van der Waals surface area contributed by atoms with Gasteiger partial charge in [-0.3, -0.25) is 0 Å². The molecule has 0 spiro atoms. The van der Waals surface area contributed by atoms with E-state index in [-0.39, 0.29) is 11.1 Å². The van der Waals surface area contributed by atoms with Crippen molar-refractivity contribution < 1.29 is 51.5 Å². The summed E-state index contributed by atoms with van der Waals surface area (Å²) in [6, 6.07) is 14.3. The highest BCUT2D eigenvalue weighted by molar-refractivity contribution is 7.88. The molecule has 6 rings (SSSR count). The molecular weight excluding hydrogens is 538 g/mol. The van der Waals surface area contributed by atoms with Gasteiger partial charge < -0.3 is 8.37 Å². The molecule has 0 saturated carbocycles. The van der Waals surface area contributed by atoms with Gasteiger partial charge in [0.15, 0.2) is 0 Å². The van der Waals surface area contributed by atoms with Crippen LogP contribution in [0.5, 0.6) is 11.5 Å². The van der Waals surface area contributed by atoms with Crippen molar-refractivity contribution in [3.05, 3.63) is 94.0 Å². The molecule has 0 aromatic heterocycles. The lowest BCUT2D eigenvalue weighted by Gasteiger charge is -2.43. The number of alkyl halides is 6. The number of rotatable bonds is 4. The van der Waals surface area contributed by atoms with E-state index < -0.39 is 54.6 Å². The first kappa shape index (κ1) is 24.4. The van der Waals surface area contributed by atoms with E-state index in [2.05, 4.69) is 8.37 Å². The molecule has 6 nitrogen and oxygen atoms in total. The van der Waals surface area contributed by atoms with Gasteiger partial charge >= 0.3 is 31.3 Å². The third-order valence-corrected chi connectivity index (χ3v) is 7.92. The van der Waals surface area contributed by atoms with Crippen molar-refractivity contribution in [1.82, 2.24) is 0 Å². The Hall–Kier alpha value is -3.26. The van der Waals surface area contributed by atoms with E-state index in [1.165, 1.54) is 0 Å². The molecule has 190 valence electrons. The van der Waals surface area contributed by atoms with Gasteiger partial charge in [0.05, 0.1) is 0 Å². The van der Waals surface area contributed by atoms with Crippen molar-refractivity contribution in [2.24, 2.45) is 0 Å². The van der Waals surface area contributed by atoms with Crippen LogP contribution in [0.25, 0.3) is 0 Å². The van der Waals surface area contributed by atoms with E-state index in [4.69, 9.17) is 0 Å². The fourth-order valence-corrected chi connectivity index (χ4v) is 5.65. The second-order valence-electron chi connectivity index (χ2n) is 7.98. The Kier molecular flexibility index (Phi) is 5.17. The Morgan fingerprint density at radius 3 is 1.06 bits per heavy atom. The molecule has 0 atom stereocenters. The van der Waals surface area contributed by atoms with E-state index in [9.17, 15) is 43.2 Å². The fourth-order valence-electron chi connectivity index (χ4n) is 4.70. The standard InChI is InChI=1S/C22H12F6O6S2/c23-21(24,25)35(29,30)33-15-9-10-16(34-36(31,32)22(26,27)28)20-18-12-6-2-1-5-11(12)17(19(15)20)13-7-3-4-8-14(13)18/h1-10,17-18H. The lowest BCUT2D eigenvalue weighted by atomic mass is 9.61. The summed E-state index contributed by atoms with van der Waals surface area (Å²) in [5.41, 5.74) is -9.90. The summed E-state index contributed by atoms with van der Waals surface area (Å²) in [6.07, 6.45) is 0. The summed E-state index contributed by atoms with van der Waals surface area (Å²) >= 11 is 0. The SMILES string of the molecule is O=S(=O)(Oc1ccc(OS(=O)(=O)C(F)(F)F)c2c1C1c3ccccc3C2c2ccccc21)C(F)(F)F. The Bertz CT molecular complexity index is 1440. The summed E-state index contributed by atoms with van der Waals surface area (Å²) in [6.45, 7) is 0. The molecule has 3 aromatic rings. The Balaban J connectivity index is 1.82. The van der Waals surface area contributed by atoms with Crippen LogP contribution >= 0.6 is 0 Å². The van der Waals surface area contributed by atoms with Gasteiger partial charge in [-0.05, 0) is 34.4 Å². The monoisotopic (exact) mass is 550 g/mol. The Morgan fingerprint density at radius 2 is 0.806 bits per heavy atom. The molecular formula is C22H12F6O6S2. The van der Waals surface area contributed by atoms with Crippen LogP contribution in [0.2, 0.25) is 0 Å². The molecule has 0 radical (unpaired) electrons. The molecule has 0 N–H and O–H groups in total. The van der Waals surface area contributed by atoms with Gasteiger partial charge in [0.2, 0.25) is 0 Å². The molecule has 0 saturated heterocycles. The van der Waals surface area contributed by atoms with E-state index in [1.54, 1.807) is 48.5 Å². The fraction of sp³-hybridized carbons (Fsp3) is 0.182. The largest absolute Gasteiger partial charge is 0.534 e. The molecule has 14 heteroatoms. The molecule has 0 amide bonds. The van der Waals surface area contributed by atoms with Crippen LogP contribution in [0.3, 0.4) is 0 Å². The molecule has 0 aliphatic heterocycles. The van der Waals surface area contributed by atoms with Gasteiger partial charge in [-0.25, -0.2) is 0 Å². The zero-order chi connectivity index (χ0) is 26.3. The number of hydrogen-bond acceptors (Lipinski definition) is 6. The number of halogens is 6. The van der Waals surface area contributed by atoms with E-state index in [0.717, 1.165) is 0 Å². The van der Waals surface area contributed by atoms with Crippen molar-refractivity contribution in [2.45, 2.75) is 22.9 Å². The first-order valence-electron chi connectivity index (χ1n) is 10.00. The highest BCUT2D eigenvalue weighted by Crippen LogP contribution is 2.60. The minimum atomic E-state index is -6.17. The van der Waals surface area contributed by atoms with Gasteiger partial charge in [-0.15, -0.1) is 0 Å². The lowest BCUT2D eigenvalue weighted by Crippen LogP contribution is -2.33. The average Bonchev–Trinajstić information content (AvgIpc) is 2.78. The third kappa shape index (κ3) is 3.53. The van der Waals surface area contributed by atoms with E-state index in [1.807, 2.05) is 0 Å². The second kappa shape index (κ2) is 7.62. The highest BCUT2D eigenvalue weighted by Gasteiger charge is 2.52. The summed E-state index contributed by atoms with van der Waals surface area (Å²) in [5, 5.41) is 0. The topological polar surface area (TPSA) is 86.7 Å². The zero-order valence-electron chi connectivity index (χ0n) is 17.5. The first-order valence-corrected chi connectivity index (χ1v) is 12.8. The quantitative estimate of drug-likeness (QED) is 0.175. The van der Waals surface area contributed by atoms with Crippen LogP contribution in [0, 0.1) is 0 Å². The van der Waals surface area contributed by atoms with Gasteiger partial charge in [0, 0.05) is 23.0 Å². The summed E-state index contributed by atoms with van der Waals surface area (Å²) in [7, 11) is -12.3. The maximum absolute atomic E-state index is 13.1. The van der Waals surface area contributed by atoms with E-state index in [0.29, 0.717) is 34.4 Å². The molecule has 2 bridgehead atoms. The first-order chi connectivity index (χ1) is 16.6. The van der Waals surface area contributed by atoms with Crippen molar-refractivity contribution in [1.29, 1.82) is 0 Å². The number of hydrogen-bond donors (Lipinski definition) is 0. The second-order valence-corrected chi connectivity index (χ2v) is 11.1. The van der Waals surface area contributed by atoms with Crippen LogP contribution < -0.4 is 8.37 Å². The van der Waals surface area contributed by atoms with Crippen LogP contribution in [0.15, 0.2) is 60.7 Å². The van der Waals surface area contributed by atoms with Gasteiger partial charge in [-0.1, -0.05) is 48.5 Å². The predicted molar refractivity (Wildman–Crippen MR) is 112 cm³/mol. The van der Waals surface area contributed by atoms with Crippen LogP contribution in [-0.4, -0.2) is 27.9 Å². The van der Waals surface area contributed by atoms with Crippen LogP contribution in [-0.2, 0) is 20.2 Å². The van der Waals surface area contributed by atoms with Crippen molar-refractivity contribution in [3.63, 3.8) is 0 Å². The Morgan fingerprint density at radius 1 is 0.528 bits per heavy atom. The normalized spacial score (nSPS) is 18.7. The maximum Gasteiger partial charge on any atom is 0.534 e. The van der Waals surface area contributed by atoms with Crippen molar-refractivity contribution >= 4 is 20.2 Å². The molecule has 0 fully saturated rings. The molecule has 3 aromatic carbocycles. The van der Waals surface area contributed by atoms with Crippen LogP contribution in [0.1, 0.15) is 45.2 Å². The minimum absolute atomic E-state index is 0.236. The molecule has 3 aliphatic carbocycles.